The Bertz CT molecular complexity index is 1250. The van der Waals surface area contributed by atoms with Crippen molar-refractivity contribution in [1.29, 1.82) is 0 Å². The number of methoxy groups -OCH3 is 2. The molecule has 0 aromatic heterocycles. The first-order chi connectivity index (χ1) is 14.4. The predicted octanol–water partition coefficient (Wildman–Crippen LogP) is 3.78. The van der Waals surface area contributed by atoms with Gasteiger partial charge in [-0.15, -0.1) is 0 Å². The van der Waals surface area contributed by atoms with Crippen LogP contribution in [-0.2, 0) is 0 Å². The van der Waals surface area contributed by atoms with Gasteiger partial charge in [-0.2, -0.15) is 0 Å². The normalized spacial score (nSPS) is 11.0. The molecule has 5 heteroatoms. The molecule has 0 N–H and O–H groups in total. The standard InChI is InChI=1S/C25H27N2O2Se/c1-26(2)16-10-12-18-22(14-16)30-23-15-17(27(3)4)11-13-19(23)24(18)25-20(28-5)8-7-9-21(25)29-6/h7-15H,1-6H3/q+1. The minimum absolute atomic E-state index is 0.210. The van der Waals surface area contributed by atoms with E-state index in [1.54, 1.807) is 14.2 Å². The van der Waals surface area contributed by atoms with Gasteiger partial charge in [0, 0.05) is 0 Å². The second kappa shape index (κ2) is 8.17. The molecule has 0 bridgehead atoms. The van der Waals surface area contributed by atoms with Crippen molar-refractivity contribution < 1.29 is 9.47 Å². The summed E-state index contributed by atoms with van der Waals surface area (Å²) in [5.74, 6) is 1.65. The molecular formula is C25H27N2O2Se+. The fraction of sp³-hybridized carbons (Fsp3) is 0.240. The van der Waals surface area contributed by atoms with E-state index in [0.29, 0.717) is 0 Å². The first kappa shape index (κ1) is 20.5. The van der Waals surface area contributed by atoms with Gasteiger partial charge in [0.1, 0.15) is 0 Å². The average Bonchev–Trinajstić information content (AvgIpc) is 2.75. The molecule has 4 nitrogen and oxygen atoms in total. The van der Waals surface area contributed by atoms with Crippen LogP contribution in [0.15, 0.2) is 54.6 Å². The van der Waals surface area contributed by atoms with Crippen LogP contribution in [0.2, 0.25) is 0 Å². The Morgan fingerprint density at radius 2 is 1.53 bits per heavy atom. The van der Waals surface area contributed by atoms with Crippen LogP contribution in [0.25, 0.3) is 30.8 Å². The molecule has 1 heterocycles. The number of hydrogen-bond donors (Lipinski definition) is 0. The number of fused-ring (bicyclic) bond motifs is 2. The first-order valence-corrected chi connectivity index (χ1v) is 11.6. The Kier molecular flexibility index (Phi) is 5.59. The van der Waals surface area contributed by atoms with E-state index < -0.39 is 0 Å². The van der Waals surface area contributed by atoms with Crippen molar-refractivity contribution in [1.82, 2.24) is 4.58 Å². The number of nitrogens with zero attached hydrogens (tertiary/aromatic N) is 2. The fourth-order valence-electron chi connectivity index (χ4n) is 3.79. The second-order valence-corrected chi connectivity index (χ2v) is 9.94. The summed E-state index contributed by atoms with van der Waals surface area (Å²) in [6.07, 6.45) is 0. The summed E-state index contributed by atoms with van der Waals surface area (Å²) in [5.41, 5.74) is 4.66. The molecule has 4 rings (SSSR count). The van der Waals surface area contributed by atoms with Gasteiger partial charge in [0.2, 0.25) is 0 Å². The first-order valence-electron chi connectivity index (χ1n) is 9.84. The van der Waals surface area contributed by atoms with Gasteiger partial charge in [-0.05, 0) is 0 Å². The molecule has 0 radical (unpaired) electrons. The number of rotatable bonds is 4. The van der Waals surface area contributed by atoms with Crippen molar-refractivity contribution in [2.75, 3.05) is 47.3 Å². The summed E-state index contributed by atoms with van der Waals surface area (Å²) < 4.78 is 16.5. The maximum absolute atomic E-state index is 5.78. The van der Waals surface area contributed by atoms with Crippen LogP contribution in [0, 0.1) is 0 Å². The molecule has 2 aliphatic rings. The summed E-state index contributed by atoms with van der Waals surface area (Å²) >= 11 is 0.210. The average molecular weight is 466 g/mol. The van der Waals surface area contributed by atoms with E-state index >= 15 is 0 Å². The van der Waals surface area contributed by atoms with Gasteiger partial charge < -0.3 is 0 Å². The Morgan fingerprint density at radius 3 is 2.13 bits per heavy atom. The molecule has 0 atom stereocenters. The number of benzene rings is 3. The van der Waals surface area contributed by atoms with Gasteiger partial charge in [-0.3, -0.25) is 0 Å². The molecule has 154 valence electrons. The zero-order valence-electron chi connectivity index (χ0n) is 18.3. The van der Waals surface area contributed by atoms with Gasteiger partial charge in [-0.25, -0.2) is 0 Å². The van der Waals surface area contributed by atoms with E-state index in [-0.39, 0.29) is 14.5 Å². The Balaban J connectivity index is 2.21. The molecule has 30 heavy (non-hydrogen) atoms. The SMILES string of the molecule is COc1cccc(OC)c1-c1c2ccc(=[N+](C)C)cc-2[se]c2cc(N(C)C)ccc12. The topological polar surface area (TPSA) is 24.7 Å². The molecular weight excluding hydrogens is 439 g/mol. The number of anilines is 1. The Hall–Kier alpha value is -2.75. The molecule has 1 aliphatic carbocycles. The van der Waals surface area contributed by atoms with Crippen molar-refractivity contribution in [3.05, 3.63) is 60.0 Å². The van der Waals surface area contributed by atoms with E-state index in [4.69, 9.17) is 9.47 Å². The van der Waals surface area contributed by atoms with E-state index in [9.17, 15) is 0 Å². The third-order valence-electron chi connectivity index (χ3n) is 5.40. The van der Waals surface area contributed by atoms with E-state index in [1.165, 1.54) is 36.3 Å². The number of hydrogen-bond acceptors (Lipinski definition) is 3. The zero-order valence-corrected chi connectivity index (χ0v) is 20.0. The third kappa shape index (κ3) is 3.49. The van der Waals surface area contributed by atoms with Gasteiger partial charge >= 0.3 is 184 Å². The Morgan fingerprint density at radius 1 is 0.833 bits per heavy atom. The van der Waals surface area contributed by atoms with Gasteiger partial charge in [-0.1, -0.05) is 0 Å². The van der Waals surface area contributed by atoms with Crippen LogP contribution in [0.5, 0.6) is 11.5 Å². The summed E-state index contributed by atoms with van der Waals surface area (Å²) in [7, 11) is 11.8. The van der Waals surface area contributed by atoms with Crippen molar-refractivity contribution in [2.24, 2.45) is 0 Å². The quantitative estimate of drug-likeness (QED) is 0.260. The van der Waals surface area contributed by atoms with Gasteiger partial charge in [0.25, 0.3) is 0 Å². The molecule has 2 aromatic carbocycles. The van der Waals surface area contributed by atoms with Crippen LogP contribution >= 0.6 is 0 Å². The van der Waals surface area contributed by atoms with Crippen LogP contribution in [0.1, 0.15) is 0 Å². The van der Waals surface area contributed by atoms with Gasteiger partial charge in [0.05, 0.1) is 0 Å². The molecule has 2 aromatic rings. The molecule has 0 saturated heterocycles. The van der Waals surface area contributed by atoms with E-state index in [0.717, 1.165) is 17.1 Å². The zero-order chi connectivity index (χ0) is 21.4. The molecule has 0 spiro atoms. The van der Waals surface area contributed by atoms with Crippen LogP contribution in [0.3, 0.4) is 0 Å². The summed E-state index contributed by atoms with van der Waals surface area (Å²) in [6, 6.07) is 19.5. The van der Waals surface area contributed by atoms with Crippen molar-refractivity contribution in [3.63, 3.8) is 0 Å². The van der Waals surface area contributed by atoms with E-state index in [1.807, 2.05) is 18.2 Å². The maximum atomic E-state index is 5.78. The summed E-state index contributed by atoms with van der Waals surface area (Å²) in [5, 5.41) is 2.47. The summed E-state index contributed by atoms with van der Waals surface area (Å²) in [4.78, 5) is 2.16. The Labute approximate surface area is 183 Å². The van der Waals surface area contributed by atoms with Crippen LogP contribution in [-0.4, -0.2) is 56.9 Å². The van der Waals surface area contributed by atoms with Gasteiger partial charge in [0.15, 0.2) is 0 Å². The number of ether oxygens (including phenoxy) is 2. The van der Waals surface area contributed by atoms with Crippen LogP contribution < -0.4 is 24.3 Å². The molecule has 1 aliphatic heterocycles. The summed E-state index contributed by atoms with van der Waals surface area (Å²) in [6.45, 7) is 0. The molecule has 0 saturated carbocycles. The second-order valence-electron chi connectivity index (χ2n) is 7.66. The monoisotopic (exact) mass is 467 g/mol. The third-order valence-corrected chi connectivity index (χ3v) is 7.74. The molecule has 0 unspecified atom stereocenters. The predicted molar refractivity (Wildman–Crippen MR) is 127 cm³/mol. The van der Waals surface area contributed by atoms with Crippen molar-refractivity contribution in [2.45, 2.75) is 0 Å². The molecule has 0 fully saturated rings. The fourth-order valence-corrected chi connectivity index (χ4v) is 6.22. The molecule has 0 amide bonds. The minimum atomic E-state index is 0.210. The van der Waals surface area contributed by atoms with Crippen molar-refractivity contribution in [3.8, 4) is 32.6 Å². The van der Waals surface area contributed by atoms with Crippen molar-refractivity contribution >= 4 is 29.8 Å². The van der Waals surface area contributed by atoms with E-state index in [2.05, 4.69) is 74.1 Å². The van der Waals surface area contributed by atoms with Crippen LogP contribution in [0.4, 0.5) is 5.69 Å².